The van der Waals surface area contributed by atoms with E-state index in [4.69, 9.17) is 0 Å². The normalized spacial score (nSPS) is 27.9. The Labute approximate surface area is 129 Å². The quantitative estimate of drug-likeness (QED) is 0.726. The molecule has 20 heavy (non-hydrogen) atoms. The van der Waals surface area contributed by atoms with E-state index in [0.717, 1.165) is 0 Å². The summed E-state index contributed by atoms with van der Waals surface area (Å²) in [5, 5.41) is 0.383. The highest BCUT2D eigenvalue weighted by Crippen LogP contribution is 2.46. The van der Waals surface area contributed by atoms with Gasteiger partial charge in [-0.25, -0.2) is 0 Å². The van der Waals surface area contributed by atoms with E-state index in [9.17, 15) is 9.59 Å². The average molecular weight is 310 g/mol. The Morgan fingerprint density at radius 3 is 1.25 bits per heavy atom. The SMILES string of the molecule is CC(C)(C)[C@@H]1C=C(C2=C[C@H](C(C)(C)C)SC2=O)C(=O)S1. The third-order valence-corrected chi connectivity index (χ3v) is 6.60. The second kappa shape index (κ2) is 5.06. The lowest BCUT2D eigenvalue weighted by atomic mass is 9.88. The van der Waals surface area contributed by atoms with Gasteiger partial charge in [-0.15, -0.1) is 0 Å². The van der Waals surface area contributed by atoms with Gasteiger partial charge in [0.2, 0.25) is 10.2 Å². The molecular weight excluding hydrogens is 288 g/mol. The molecule has 0 radical (unpaired) electrons. The Morgan fingerprint density at radius 2 is 1.05 bits per heavy atom. The van der Waals surface area contributed by atoms with Crippen LogP contribution in [0.4, 0.5) is 0 Å². The van der Waals surface area contributed by atoms with Crippen LogP contribution in [0, 0.1) is 10.8 Å². The molecule has 0 spiro atoms. The summed E-state index contributed by atoms with van der Waals surface area (Å²) in [6.07, 6.45) is 3.98. The molecule has 2 rings (SSSR count). The van der Waals surface area contributed by atoms with Crippen LogP contribution in [0.1, 0.15) is 41.5 Å². The minimum absolute atomic E-state index is 0.0286. The Balaban J connectivity index is 2.32. The third kappa shape index (κ3) is 3.06. The Hall–Kier alpha value is -0.480. The van der Waals surface area contributed by atoms with Gasteiger partial charge in [0.1, 0.15) is 0 Å². The van der Waals surface area contributed by atoms with Crippen LogP contribution >= 0.6 is 23.5 Å². The number of thioether (sulfide) groups is 2. The van der Waals surface area contributed by atoms with Gasteiger partial charge < -0.3 is 0 Å². The summed E-state index contributed by atoms with van der Waals surface area (Å²) in [6.45, 7) is 12.7. The van der Waals surface area contributed by atoms with E-state index in [1.165, 1.54) is 23.5 Å². The van der Waals surface area contributed by atoms with Crippen molar-refractivity contribution in [1.82, 2.24) is 0 Å². The molecule has 0 aromatic carbocycles. The smallest absolute Gasteiger partial charge is 0.220 e. The maximum Gasteiger partial charge on any atom is 0.220 e. The predicted molar refractivity (Wildman–Crippen MR) is 87.8 cm³/mol. The Bertz CT molecular complexity index is 468. The third-order valence-electron chi connectivity index (χ3n) is 3.54. The molecule has 0 fully saturated rings. The highest BCUT2D eigenvalue weighted by atomic mass is 32.2. The molecule has 0 amide bonds. The second-order valence-electron chi connectivity index (χ2n) is 7.54. The summed E-state index contributed by atoms with van der Waals surface area (Å²) in [5.41, 5.74) is 1.31. The van der Waals surface area contributed by atoms with Gasteiger partial charge in [-0.2, -0.15) is 0 Å². The molecule has 0 saturated heterocycles. The van der Waals surface area contributed by atoms with Crippen molar-refractivity contribution >= 4 is 33.8 Å². The first-order valence-corrected chi connectivity index (χ1v) is 8.62. The fraction of sp³-hybridized carbons (Fsp3) is 0.625. The van der Waals surface area contributed by atoms with E-state index in [-0.39, 0.29) is 31.6 Å². The van der Waals surface area contributed by atoms with Gasteiger partial charge in [-0.1, -0.05) is 77.2 Å². The van der Waals surface area contributed by atoms with Crippen molar-refractivity contribution in [2.45, 2.75) is 52.0 Å². The van der Waals surface area contributed by atoms with Crippen LogP contribution in [-0.4, -0.2) is 20.7 Å². The zero-order valence-corrected chi connectivity index (χ0v) is 14.6. The lowest BCUT2D eigenvalue weighted by molar-refractivity contribution is -0.110. The van der Waals surface area contributed by atoms with Crippen LogP contribution < -0.4 is 0 Å². The molecule has 0 N–H and O–H groups in total. The first kappa shape index (κ1) is 15.9. The predicted octanol–water partition coefficient (Wildman–Crippen LogP) is 4.22. The van der Waals surface area contributed by atoms with E-state index in [2.05, 4.69) is 41.5 Å². The molecule has 2 nitrogen and oxygen atoms in total. The van der Waals surface area contributed by atoms with E-state index in [0.29, 0.717) is 11.1 Å². The standard InChI is InChI=1S/C16H22O2S2/c1-15(2,3)11-7-9(13(17)19-11)10-8-12(16(4,5)6)20-14(10)18/h7-8,11-12H,1-6H3/t11-,12+. The van der Waals surface area contributed by atoms with Gasteiger partial charge in [-0.05, 0) is 10.8 Å². The molecule has 0 aromatic heterocycles. The molecule has 0 aromatic rings. The van der Waals surface area contributed by atoms with Crippen molar-refractivity contribution in [2.24, 2.45) is 10.8 Å². The Kier molecular flexibility index (Phi) is 4.02. The van der Waals surface area contributed by atoms with Crippen LogP contribution in [0.3, 0.4) is 0 Å². The minimum atomic E-state index is 0.0286. The van der Waals surface area contributed by atoms with Crippen molar-refractivity contribution in [3.8, 4) is 0 Å². The van der Waals surface area contributed by atoms with Gasteiger partial charge in [0.25, 0.3) is 0 Å². The molecule has 2 heterocycles. The lowest BCUT2D eigenvalue weighted by Crippen LogP contribution is -2.19. The summed E-state index contributed by atoms with van der Waals surface area (Å²) in [4.78, 5) is 24.4. The highest BCUT2D eigenvalue weighted by Gasteiger charge is 2.40. The molecule has 0 unspecified atom stereocenters. The zero-order chi connectivity index (χ0) is 15.3. The van der Waals surface area contributed by atoms with Gasteiger partial charge in [0, 0.05) is 21.6 Å². The number of carbonyl (C=O) groups is 2. The monoisotopic (exact) mass is 310 g/mol. The summed E-state index contributed by atoms with van der Waals surface area (Å²) < 4.78 is 0. The molecule has 2 aliphatic heterocycles. The summed E-state index contributed by atoms with van der Waals surface area (Å²) >= 11 is 2.69. The van der Waals surface area contributed by atoms with Crippen LogP contribution in [-0.2, 0) is 9.59 Å². The summed E-state index contributed by atoms with van der Waals surface area (Å²) in [6, 6.07) is 0. The Morgan fingerprint density at radius 1 is 0.750 bits per heavy atom. The van der Waals surface area contributed by atoms with Gasteiger partial charge >= 0.3 is 0 Å². The summed E-state index contributed by atoms with van der Waals surface area (Å²) in [5.74, 6) is 0. The molecule has 0 saturated carbocycles. The lowest BCUT2D eigenvalue weighted by Gasteiger charge is -2.23. The molecule has 2 atom stereocenters. The number of carbonyl (C=O) groups excluding carboxylic acids is 2. The van der Waals surface area contributed by atoms with Crippen molar-refractivity contribution in [1.29, 1.82) is 0 Å². The first-order chi connectivity index (χ1) is 9.00. The maximum absolute atomic E-state index is 12.2. The van der Waals surface area contributed by atoms with Crippen molar-refractivity contribution in [3.05, 3.63) is 23.3 Å². The van der Waals surface area contributed by atoms with Gasteiger partial charge in [0.05, 0.1) is 0 Å². The van der Waals surface area contributed by atoms with E-state index in [1.54, 1.807) is 0 Å². The van der Waals surface area contributed by atoms with Crippen LogP contribution in [0.15, 0.2) is 23.3 Å². The van der Waals surface area contributed by atoms with Crippen molar-refractivity contribution in [3.63, 3.8) is 0 Å². The fourth-order valence-electron chi connectivity index (χ4n) is 2.12. The minimum Gasteiger partial charge on any atom is -0.282 e. The molecular formula is C16H22O2S2. The van der Waals surface area contributed by atoms with Crippen LogP contribution in [0.2, 0.25) is 0 Å². The topological polar surface area (TPSA) is 34.1 Å². The second-order valence-corrected chi connectivity index (χ2v) is 9.77. The maximum atomic E-state index is 12.2. The molecule has 4 heteroatoms. The first-order valence-electron chi connectivity index (χ1n) is 6.86. The van der Waals surface area contributed by atoms with E-state index >= 15 is 0 Å². The van der Waals surface area contributed by atoms with Crippen LogP contribution in [0.5, 0.6) is 0 Å². The van der Waals surface area contributed by atoms with Gasteiger partial charge in [0.15, 0.2) is 0 Å². The van der Waals surface area contributed by atoms with Crippen molar-refractivity contribution < 1.29 is 9.59 Å². The van der Waals surface area contributed by atoms with E-state index < -0.39 is 0 Å². The molecule has 110 valence electrons. The zero-order valence-electron chi connectivity index (χ0n) is 12.9. The largest absolute Gasteiger partial charge is 0.282 e. The fourth-order valence-corrected chi connectivity index (χ4v) is 4.30. The molecule has 0 bridgehead atoms. The summed E-state index contributed by atoms with van der Waals surface area (Å²) in [7, 11) is 0. The number of rotatable bonds is 1. The number of hydrogen-bond acceptors (Lipinski definition) is 4. The van der Waals surface area contributed by atoms with Crippen molar-refractivity contribution in [2.75, 3.05) is 0 Å². The number of hydrogen-bond donors (Lipinski definition) is 0. The molecule has 2 aliphatic rings. The average Bonchev–Trinajstić information content (AvgIpc) is 2.80. The highest BCUT2D eigenvalue weighted by molar-refractivity contribution is 8.16. The molecule has 0 aliphatic carbocycles. The van der Waals surface area contributed by atoms with Crippen LogP contribution in [0.25, 0.3) is 0 Å². The van der Waals surface area contributed by atoms with Gasteiger partial charge in [-0.3, -0.25) is 9.59 Å². The van der Waals surface area contributed by atoms with E-state index in [1.807, 2.05) is 12.2 Å².